The lowest BCUT2D eigenvalue weighted by molar-refractivity contribution is 0.717. The highest BCUT2D eigenvalue weighted by Gasteiger charge is 2.50. The second-order valence-electron chi connectivity index (χ2n) is 15.8. The van der Waals surface area contributed by atoms with Gasteiger partial charge in [0.1, 0.15) is 0 Å². The summed E-state index contributed by atoms with van der Waals surface area (Å²) in [4.78, 5) is 32.4. The molecule has 62 heavy (non-hydrogen) atoms. The minimum Gasteiger partial charge on any atom is -0.255 e. The molecule has 1 aliphatic carbocycles. The SMILES string of the molecule is C1=C(c2ccccn2)N=C(c2ccccn2)CC1c1ccc2c(c1)C1(c3cc(-c4nc(-c5ccccc5)nc(-c5ccccc5)n4)ccc3S2)c2ccccc2-c2ccccc21. The second-order valence-corrected chi connectivity index (χ2v) is 16.9. The average molecular weight is 813 g/mol. The summed E-state index contributed by atoms with van der Waals surface area (Å²) in [5, 5.41) is 0. The fraction of sp³-hybridized carbons (Fsp3) is 0.0545. The van der Waals surface area contributed by atoms with E-state index in [4.69, 9.17) is 29.9 Å². The van der Waals surface area contributed by atoms with Crippen LogP contribution in [0.3, 0.4) is 0 Å². The number of aliphatic imine (C=N–C) groups is 1. The van der Waals surface area contributed by atoms with Crippen LogP contribution in [-0.2, 0) is 5.41 Å². The Hall–Kier alpha value is -7.61. The van der Waals surface area contributed by atoms with Gasteiger partial charge in [-0.25, -0.2) is 19.9 Å². The Bertz CT molecular complexity index is 3140. The summed E-state index contributed by atoms with van der Waals surface area (Å²) in [5.74, 6) is 1.95. The number of hydrogen-bond acceptors (Lipinski definition) is 7. The van der Waals surface area contributed by atoms with Gasteiger partial charge in [0, 0.05) is 51.2 Å². The topological polar surface area (TPSA) is 76.8 Å². The van der Waals surface area contributed by atoms with Crippen molar-refractivity contribution in [2.75, 3.05) is 0 Å². The molecular formula is C55H36N6S. The Kier molecular flexibility index (Phi) is 8.68. The normalized spacial score (nSPS) is 15.5. The van der Waals surface area contributed by atoms with E-state index in [0.29, 0.717) is 23.9 Å². The van der Waals surface area contributed by atoms with Gasteiger partial charge in [0.2, 0.25) is 0 Å². The highest BCUT2D eigenvalue weighted by atomic mass is 32.2. The molecule has 6 aromatic carbocycles. The molecule has 1 atom stereocenters. The van der Waals surface area contributed by atoms with Gasteiger partial charge in [-0.15, -0.1) is 0 Å². The summed E-state index contributed by atoms with van der Waals surface area (Å²) in [6.45, 7) is 0. The lowest BCUT2D eigenvalue weighted by atomic mass is 9.66. The van der Waals surface area contributed by atoms with Crippen LogP contribution >= 0.6 is 11.8 Å². The summed E-state index contributed by atoms with van der Waals surface area (Å²) >= 11 is 1.83. The van der Waals surface area contributed by atoms with E-state index in [0.717, 1.165) is 39.5 Å². The third-order valence-electron chi connectivity index (χ3n) is 12.3. The van der Waals surface area contributed by atoms with Gasteiger partial charge in [0.15, 0.2) is 17.5 Å². The van der Waals surface area contributed by atoms with E-state index in [1.165, 1.54) is 48.7 Å². The van der Waals surface area contributed by atoms with E-state index in [-0.39, 0.29) is 5.92 Å². The lowest BCUT2D eigenvalue weighted by Gasteiger charge is -2.40. The number of fused-ring (bicyclic) bond motifs is 9. The molecule has 0 saturated carbocycles. The molecule has 6 nitrogen and oxygen atoms in total. The first-order chi connectivity index (χ1) is 30.7. The molecule has 2 aliphatic heterocycles. The molecule has 3 aromatic heterocycles. The van der Waals surface area contributed by atoms with Crippen LogP contribution in [0.15, 0.2) is 215 Å². The molecule has 0 fully saturated rings. The van der Waals surface area contributed by atoms with Crippen LogP contribution in [0.1, 0.15) is 51.5 Å². The molecule has 0 amide bonds. The summed E-state index contributed by atoms with van der Waals surface area (Å²) in [6.07, 6.45) is 6.68. The molecule has 0 N–H and O–H groups in total. The van der Waals surface area contributed by atoms with Gasteiger partial charge in [0.25, 0.3) is 0 Å². The quantitative estimate of drug-likeness (QED) is 0.166. The first-order valence-corrected chi connectivity index (χ1v) is 21.7. The van der Waals surface area contributed by atoms with Gasteiger partial charge in [-0.3, -0.25) is 9.97 Å². The van der Waals surface area contributed by atoms with Crippen molar-refractivity contribution in [1.29, 1.82) is 0 Å². The van der Waals surface area contributed by atoms with E-state index in [1.807, 2.05) is 90.9 Å². The Morgan fingerprint density at radius 3 is 1.60 bits per heavy atom. The molecule has 292 valence electrons. The fourth-order valence-corrected chi connectivity index (χ4v) is 10.6. The molecule has 1 unspecified atom stereocenters. The molecule has 9 aromatic rings. The Labute approximate surface area is 363 Å². The molecule has 7 heteroatoms. The van der Waals surface area contributed by atoms with Crippen LogP contribution in [0.25, 0.3) is 51.0 Å². The summed E-state index contributed by atoms with van der Waals surface area (Å²) in [7, 11) is 0. The van der Waals surface area contributed by atoms with Crippen LogP contribution in [0.4, 0.5) is 0 Å². The van der Waals surface area contributed by atoms with Crippen LogP contribution in [0.2, 0.25) is 0 Å². The Balaban J connectivity index is 1.07. The van der Waals surface area contributed by atoms with E-state index in [1.54, 1.807) is 0 Å². The van der Waals surface area contributed by atoms with Crippen LogP contribution < -0.4 is 0 Å². The molecule has 12 rings (SSSR count). The molecule has 3 aliphatic rings. The van der Waals surface area contributed by atoms with Crippen LogP contribution in [0, 0.1) is 0 Å². The van der Waals surface area contributed by atoms with Gasteiger partial charge < -0.3 is 0 Å². The van der Waals surface area contributed by atoms with Gasteiger partial charge in [-0.2, -0.15) is 0 Å². The Morgan fingerprint density at radius 1 is 0.452 bits per heavy atom. The number of rotatable bonds is 6. The molecule has 0 bridgehead atoms. The predicted molar refractivity (Wildman–Crippen MR) is 248 cm³/mol. The number of allylic oxidation sites excluding steroid dienone is 1. The van der Waals surface area contributed by atoms with Crippen LogP contribution in [0.5, 0.6) is 0 Å². The van der Waals surface area contributed by atoms with Crippen molar-refractivity contribution in [3.05, 3.63) is 240 Å². The zero-order valence-corrected chi connectivity index (χ0v) is 34.2. The van der Waals surface area contributed by atoms with Crippen molar-refractivity contribution in [3.63, 3.8) is 0 Å². The van der Waals surface area contributed by atoms with E-state index < -0.39 is 5.41 Å². The number of hydrogen-bond donors (Lipinski definition) is 0. The van der Waals surface area contributed by atoms with E-state index in [2.05, 4.69) is 121 Å². The number of benzene rings is 6. The van der Waals surface area contributed by atoms with E-state index >= 15 is 0 Å². The van der Waals surface area contributed by atoms with Crippen molar-refractivity contribution in [2.24, 2.45) is 4.99 Å². The molecular weight excluding hydrogens is 777 g/mol. The largest absolute Gasteiger partial charge is 0.255 e. The first kappa shape index (κ1) is 36.3. The summed E-state index contributed by atoms with van der Waals surface area (Å²) in [5.41, 5.74) is 14.5. The summed E-state index contributed by atoms with van der Waals surface area (Å²) in [6, 6.07) is 64.2. The molecule has 0 radical (unpaired) electrons. The van der Waals surface area contributed by atoms with Crippen LogP contribution in [-0.4, -0.2) is 30.6 Å². The third-order valence-corrected chi connectivity index (χ3v) is 13.4. The maximum Gasteiger partial charge on any atom is 0.164 e. The highest BCUT2D eigenvalue weighted by molar-refractivity contribution is 7.99. The maximum atomic E-state index is 5.18. The van der Waals surface area contributed by atoms with Crippen molar-refractivity contribution in [2.45, 2.75) is 27.5 Å². The number of nitrogens with zero attached hydrogens (tertiary/aromatic N) is 6. The highest BCUT2D eigenvalue weighted by Crippen LogP contribution is 2.62. The van der Waals surface area contributed by atoms with Crippen molar-refractivity contribution < 1.29 is 0 Å². The fourth-order valence-electron chi connectivity index (χ4n) is 9.48. The van der Waals surface area contributed by atoms with Gasteiger partial charge in [-0.1, -0.05) is 151 Å². The first-order valence-electron chi connectivity index (χ1n) is 20.9. The predicted octanol–water partition coefficient (Wildman–Crippen LogP) is 12.5. The Morgan fingerprint density at radius 2 is 0.984 bits per heavy atom. The standard InChI is InChI=1S/C55H36N6S/c1-3-15-35(16-4-1)52-59-53(36-17-5-2-6-18-36)61-54(60-52)38-26-28-51-45(32-38)55(42-21-9-7-19-40(42)41-20-8-10-22-43(41)55)44-31-37(25-27-50(44)62-51)39-33-48(46-23-11-13-29-56-46)58-49(34-39)47-24-12-14-30-57-47/h1-33,39H,34H2. The molecule has 5 heterocycles. The minimum atomic E-state index is -0.618. The van der Waals surface area contributed by atoms with Crippen molar-refractivity contribution in [1.82, 2.24) is 24.9 Å². The second kappa shape index (κ2) is 14.8. The number of pyridine rings is 2. The lowest BCUT2D eigenvalue weighted by Crippen LogP contribution is -2.32. The maximum absolute atomic E-state index is 5.18. The van der Waals surface area contributed by atoms with Gasteiger partial charge >= 0.3 is 0 Å². The summed E-state index contributed by atoms with van der Waals surface area (Å²) < 4.78 is 0. The zero-order valence-electron chi connectivity index (χ0n) is 33.4. The smallest absolute Gasteiger partial charge is 0.164 e. The third kappa shape index (κ3) is 5.96. The van der Waals surface area contributed by atoms with Crippen molar-refractivity contribution in [3.8, 4) is 45.3 Å². The number of aromatic nitrogens is 5. The minimum absolute atomic E-state index is 0.0338. The van der Waals surface area contributed by atoms with E-state index in [9.17, 15) is 0 Å². The van der Waals surface area contributed by atoms with Gasteiger partial charge in [-0.05, 0) is 87.5 Å². The average Bonchev–Trinajstić information content (AvgIpc) is 3.65. The molecule has 0 saturated heterocycles. The zero-order chi connectivity index (χ0) is 41.0. The van der Waals surface area contributed by atoms with Crippen molar-refractivity contribution >= 4 is 23.2 Å². The van der Waals surface area contributed by atoms with Gasteiger partial charge in [0.05, 0.1) is 28.2 Å². The monoisotopic (exact) mass is 812 g/mol. The molecule has 1 spiro atoms.